The molecule has 0 saturated heterocycles. The van der Waals surface area contributed by atoms with Crippen LogP contribution in [0.1, 0.15) is 17.3 Å². The van der Waals surface area contributed by atoms with Gasteiger partial charge in [0.1, 0.15) is 5.76 Å². The number of ether oxygens (including phenoxy) is 2. The lowest BCUT2D eigenvalue weighted by molar-refractivity contribution is 0.174. The van der Waals surface area contributed by atoms with Crippen molar-refractivity contribution in [2.45, 2.75) is 25.3 Å². The maximum Gasteiger partial charge on any atom is 0.241 e. The van der Waals surface area contributed by atoms with Crippen LogP contribution in [-0.2, 0) is 16.6 Å². The molecule has 1 aliphatic rings. The molecule has 0 spiro atoms. The predicted molar refractivity (Wildman–Crippen MR) is 72.6 cm³/mol. The Hall–Kier alpha value is -2.06. The maximum atomic E-state index is 12.3. The number of hydrogen-bond donors (Lipinski definition) is 1. The molecule has 3 rings (SSSR count). The quantitative estimate of drug-likeness (QED) is 0.920. The molecule has 1 N–H and O–H groups in total. The van der Waals surface area contributed by atoms with E-state index in [1.54, 1.807) is 19.9 Å². The summed E-state index contributed by atoms with van der Waals surface area (Å²) in [6, 6.07) is 4.47. The highest BCUT2D eigenvalue weighted by Crippen LogP contribution is 2.33. The summed E-state index contributed by atoms with van der Waals surface area (Å²) < 4.78 is 42.7. The Bertz CT molecular complexity index is 782. The highest BCUT2D eigenvalue weighted by Gasteiger charge is 2.21. The van der Waals surface area contributed by atoms with Crippen molar-refractivity contribution in [1.82, 2.24) is 9.71 Å². The van der Waals surface area contributed by atoms with E-state index in [0.29, 0.717) is 28.8 Å². The van der Waals surface area contributed by atoms with E-state index in [2.05, 4.69) is 9.71 Å². The zero-order valence-electron chi connectivity index (χ0n) is 11.5. The van der Waals surface area contributed by atoms with Crippen LogP contribution in [-0.4, -0.2) is 20.2 Å². The van der Waals surface area contributed by atoms with Crippen LogP contribution < -0.4 is 14.2 Å². The smallest absolute Gasteiger partial charge is 0.241 e. The second-order valence-corrected chi connectivity index (χ2v) is 6.35. The van der Waals surface area contributed by atoms with E-state index in [4.69, 9.17) is 13.9 Å². The van der Waals surface area contributed by atoms with Crippen molar-refractivity contribution in [2.75, 3.05) is 6.79 Å². The molecule has 2 heterocycles. The molecule has 0 bridgehead atoms. The van der Waals surface area contributed by atoms with E-state index < -0.39 is 10.0 Å². The van der Waals surface area contributed by atoms with Gasteiger partial charge < -0.3 is 13.9 Å². The van der Waals surface area contributed by atoms with Gasteiger partial charge in [-0.25, -0.2) is 18.1 Å². The number of hydrogen-bond acceptors (Lipinski definition) is 6. The highest BCUT2D eigenvalue weighted by atomic mass is 32.2. The Morgan fingerprint density at radius 2 is 2.00 bits per heavy atom. The molecular weight excluding hydrogens is 296 g/mol. The largest absolute Gasteiger partial charge is 0.454 e. The number of nitrogens with one attached hydrogen (secondary N) is 1. The monoisotopic (exact) mass is 310 g/mol. The topological polar surface area (TPSA) is 90.7 Å². The number of aryl methyl sites for hydroxylation is 2. The molecule has 0 unspecified atom stereocenters. The van der Waals surface area contributed by atoms with E-state index >= 15 is 0 Å². The van der Waals surface area contributed by atoms with Crippen molar-refractivity contribution in [3.63, 3.8) is 0 Å². The molecule has 2 aromatic rings. The summed E-state index contributed by atoms with van der Waals surface area (Å²) >= 11 is 0. The number of benzene rings is 1. The van der Waals surface area contributed by atoms with Gasteiger partial charge in [0.2, 0.25) is 16.8 Å². The number of sulfonamides is 1. The summed E-state index contributed by atoms with van der Waals surface area (Å²) in [7, 11) is -3.66. The third-order valence-electron chi connectivity index (χ3n) is 3.08. The summed E-state index contributed by atoms with van der Waals surface area (Å²) in [5, 5.41) is 0. The van der Waals surface area contributed by atoms with Crippen molar-refractivity contribution >= 4 is 10.0 Å². The molecular formula is C13H14N2O5S. The van der Waals surface area contributed by atoms with Crippen molar-refractivity contribution in [3.05, 3.63) is 35.5 Å². The number of rotatable bonds is 4. The van der Waals surface area contributed by atoms with Gasteiger partial charge in [-0.1, -0.05) is 0 Å². The zero-order chi connectivity index (χ0) is 15.0. The second kappa shape index (κ2) is 5.05. The molecule has 1 aromatic carbocycles. The van der Waals surface area contributed by atoms with Crippen LogP contribution in [0, 0.1) is 13.8 Å². The molecule has 1 aliphatic heterocycles. The minimum atomic E-state index is -3.66. The number of aromatic nitrogens is 1. The van der Waals surface area contributed by atoms with E-state index in [-0.39, 0.29) is 18.2 Å². The fourth-order valence-corrected chi connectivity index (χ4v) is 3.02. The molecule has 0 atom stereocenters. The highest BCUT2D eigenvalue weighted by molar-refractivity contribution is 7.89. The molecule has 0 fully saturated rings. The van der Waals surface area contributed by atoms with Gasteiger partial charge in [-0.2, -0.15) is 0 Å². The fraction of sp³-hybridized carbons (Fsp3) is 0.308. The van der Waals surface area contributed by atoms with Crippen LogP contribution in [0.5, 0.6) is 11.5 Å². The Labute approximate surface area is 121 Å². The minimum absolute atomic E-state index is 0.0451. The maximum absolute atomic E-state index is 12.3. The van der Waals surface area contributed by atoms with Crippen LogP contribution in [0.15, 0.2) is 27.5 Å². The second-order valence-electron chi connectivity index (χ2n) is 4.58. The first-order chi connectivity index (χ1) is 9.95. The number of oxazole rings is 1. The average Bonchev–Trinajstić information content (AvgIpc) is 3.01. The van der Waals surface area contributed by atoms with E-state index in [1.807, 2.05) is 0 Å². The molecule has 112 valence electrons. The minimum Gasteiger partial charge on any atom is -0.454 e. The first-order valence-corrected chi connectivity index (χ1v) is 7.76. The molecule has 21 heavy (non-hydrogen) atoms. The van der Waals surface area contributed by atoms with Gasteiger partial charge in [-0.3, -0.25) is 0 Å². The van der Waals surface area contributed by atoms with E-state index in [0.717, 1.165) is 0 Å². The number of nitrogens with zero attached hydrogens (tertiary/aromatic N) is 1. The van der Waals surface area contributed by atoms with Gasteiger partial charge in [-0.05, 0) is 19.1 Å². The first kappa shape index (κ1) is 13.9. The molecule has 0 saturated carbocycles. The third kappa shape index (κ3) is 2.72. The van der Waals surface area contributed by atoms with Crippen LogP contribution in [0.4, 0.5) is 0 Å². The molecule has 0 amide bonds. The standard InChI is InChI=1S/C13H14N2O5S/c1-8-13(20-9(2)15-8)6-14-21(16,17)10-3-4-11-12(5-10)19-7-18-11/h3-5,14H,6-7H2,1-2H3. The normalized spacial score (nSPS) is 13.6. The van der Waals surface area contributed by atoms with E-state index in [9.17, 15) is 8.42 Å². The van der Waals surface area contributed by atoms with Gasteiger partial charge in [0.25, 0.3) is 0 Å². The summed E-state index contributed by atoms with van der Waals surface area (Å²) in [5.74, 6) is 1.96. The lowest BCUT2D eigenvalue weighted by atomic mass is 10.3. The van der Waals surface area contributed by atoms with Gasteiger partial charge in [-0.15, -0.1) is 0 Å². The molecule has 8 heteroatoms. The van der Waals surface area contributed by atoms with Gasteiger partial charge >= 0.3 is 0 Å². The van der Waals surface area contributed by atoms with Gasteiger partial charge in [0.05, 0.1) is 17.1 Å². The zero-order valence-corrected chi connectivity index (χ0v) is 12.4. The summed E-state index contributed by atoms with van der Waals surface area (Å²) in [4.78, 5) is 4.21. The SMILES string of the molecule is Cc1nc(C)c(CNS(=O)(=O)c2ccc3c(c2)OCO3)o1. The fourth-order valence-electron chi connectivity index (χ4n) is 2.03. The first-order valence-electron chi connectivity index (χ1n) is 6.28. The Kier molecular flexibility index (Phi) is 3.34. The van der Waals surface area contributed by atoms with Gasteiger partial charge in [0.15, 0.2) is 17.4 Å². The summed E-state index contributed by atoms with van der Waals surface area (Å²) in [6.45, 7) is 3.62. The van der Waals surface area contributed by atoms with Crippen molar-refractivity contribution < 1.29 is 22.3 Å². The van der Waals surface area contributed by atoms with Crippen molar-refractivity contribution in [3.8, 4) is 11.5 Å². The Balaban J connectivity index is 1.79. The van der Waals surface area contributed by atoms with Crippen molar-refractivity contribution in [2.24, 2.45) is 0 Å². The molecule has 0 radical (unpaired) electrons. The lowest BCUT2D eigenvalue weighted by Gasteiger charge is -2.06. The molecule has 0 aliphatic carbocycles. The average molecular weight is 310 g/mol. The Morgan fingerprint density at radius 1 is 1.24 bits per heavy atom. The summed E-state index contributed by atoms with van der Waals surface area (Å²) in [6.07, 6.45) is 0. The Morgan fingerprint density at radius 3 is 2.71 bits per heavy atom. The number of fused-ring (bicyclic) bond motifs is 1. The lowest BCUT2D eigenvalue weighted by Crippen LogP contribution is -2.23. The van der Waals surface area contributed by atoms with Crippen LogP contribution in [0.2, 0.25) is 0 Å². The summed E-state index contributed by atoms with van der Waals surface area (Å²) in [5.41, 5.74) is 0.667. The van der Waals surface area contributed by atoms with E-state index in [1.165, 1.54) is 12.1 Å². The molecule has 1 aromatic heterocycles. The predicted octanol–water partition coefficient (Wildman–Crippen LogP) is 1.50. The third-order valence-corrected chi connectivity index (χ3v) is 4.48. The van der Waals surface area contributed by atoms with Crippen LogP contribution in [0.25, 0.3) is 0 Å². The molecule has 7 nitrogen and oxygen atoms in total. The van der Waals surface area contributed by atoms with Gasteiger partial charge in [0, 0.05) is 13.0 Å². The van der Waals surface area contributed by atoms with Crippen molar-refractivity contribution in [1.29, 1.82) is 0 Å². The van der Waals surface area contributed by atoms with Crippen LogP contribution >= 0.6 is 0 Å². The van der Waals surface area contributed by atoms with Crippen LogP contribution in [0.3, 0.4) is 0 Å².